The normalized spacial score (nSPS) is 18.0. The summed E-state index contributed by atoms with van der Waals surface area (Å²) in [6.45, 7) is 3.66. The predicted octanol–water partition coefficient (Wildman–Crippen LogP) is 3.50. The number of carbonyl (C=O) groups excluding carboxylic acids is 1. The standard InChI is InChI=1S/C16H25N3O/c1-13(17)14-8-7-9-15(12-14)18-16(20)19-10-5-3-2-4-6-11-19/h7-9,12-13H,2-6,10-11,17H2,1H3,(H,18,20). The van der Waals surface area contributed by atoms with E-state index in [0.29, 0.717) is 0 Å². The molecule has 0 aromatic heterocycles. The van der Waals surface area contributed by atoms with Crippen molar-refractivity contribution in [1.82, 2.24) is 4.90 Å². The molecule has 110 valence electrons. The summed E-state index contributed by atoms with van der Waals surface area (Å²) >= 11 is 0. The Kier molecular flexibility index (Phi) is 5.41. The summed E-state index contributed by atoms with van der Waals surface area (Å²) in [6.07, 6.45) is 5.96. The van der Waals surface area contributed by atoms with Gasteiger partial charge in [0.1, 0.15) is 0 Å². The maximum Gasteiger partial charge on any atom is 0.321 e. The SMILES string of the molecule is CC(N)c1cccc(NC(=O)N2CCCCCCC2)c1. The molecule has 1 aromatic carbocycles. The lowest BCUT2D eigenvalue weighted by Crippen LogP contribution is -2.37. The van der Waals surface area contributed by atoms with E-state index in [9.17, 15) is 4.79 Å². The molecule has 1 atom stereocenters. The third-order valence-corrected chi connectivity index (χ3v) is 3.81. The van der Waals surface area contributed by atoms with Gasteiger partial charge in [-0.15, -0.1) is 0 Å². The van der Waals surface area contributed by atoms with Crippen LogP contribution in [0, 0.1) is 0 Å². The molecular weight excluding hydrogens is 250 g/mol. The van der Waals surface area contributed by atoms with Crippen LogP contribution in [0.4, 0.5) is 10.5 Å². The van der Waals surface area contributed by atoms with Crippen molar-refractivity contribution in [2.24, 2.45) is 5.73 Å². The molecule has 1 saturated heterocycles. The van der Waals surface area contributed by atoms with Crippen LogP contribution < -0.4 is 11.1 Å². The zero-order chi connectivity index (χ0) is 14.4. The van der Waals surface area contributed by atoms with Crippen LogP contribution in [-0.2, 0) is 0 Å². The lowest BCUT2D eigenvalue weighted by molar-refractivity contribution is 0.206. The van der Waals surface area contributed by atoms with Crippen LogP contribution in [0.2, 0.25) is 0 Å². The van der Waals surface area contributed by atoms with Crippen LogP contribution in [0.1, 0.15) is 50.6 Å². The first-order valence-corrected chi connectivity index (χ1v) is 7.58. The zero-order valence-electron chi connectivity index (χ0n) is 12.3. The molecule has 0 aliphatic carbocycles. The first kappa shape index (κ1) is 14.9. The first-order valence-electron chi connectivity index (χ1n) is 7.58. The molecule has 1 unspecified atom stereocenters. The summed E-state index contributed by atoms with van der Waals surface area (Å²) in [5.41, 5.74) is 7.73. The molecule has 0 spiro atoms. The molecule has 1 heterocycles. The minimum atomic E-state index is -0.0199. The topological polar surface area (TPSA) is 58.4 Å². The van der Waals surface area contributed by atoms with Gasteiger partial charge < -0.3 is 16.0 Å². The summed E-state index contributed by atoms with van der Waals surface area (Å²) in [5, 5.41) is 2.99. The van der Waals surface area contributed by atoms with Gasteiger partial charge >= 0.3 is 6.03 Å². The molecule has 1 aliphatic rings. The van der Waals surface area contributed by atoms with Gasteiger partial charge in [-0.3, -0.25) is 0 Å². The first-order chi connectivity index (χ1) is 9.66. The van der Waals surface area contributed by atoms with Crippen LogP contribution in [0.5, 0.6) is 0 Å². The predicted molar refractivity (Wildman–Crippen MR) is 82.7 cm³/mol. The van der Waals surface area contributed by atoms with Crippen molar-refractivity contribution in [1.29, 1.82) is 0 Å². The largest absolute Gasteiger partial charge is 0.325 e. The number of carbonyl (C=O) groups is 1. The van der Waals surface area contributed by atoms with E-state index in [1.807, 2.05) is 36.1 Å². The second-order valence-electron chi connectivity index (χ2n) is 5.60. The van der Waals surface area contributed by atoms with Gasteiger partial charge in [-0.05, 0) is 37.5 Å². The Morgan fingerprint density at radius 1 is 1.20 bits per heavy atom. The summed E-state index contributed by atoms with van der Waals surface area (Å²) in [7, 11) is 0. The minimum Gasteiger partial charge on any atom is -0.325 e. The number of nitrogens with zero attached hydrogens (tertiary/aromatic N) is 1. The van der Waals surface area contributed by atoms with Gasteiger partial charge in [0.05, 0.1) is 0 Å². The van der Waals surface area contributed by atoms with Crippen LogP contribution in [0.15, 0.2) is 24.3 Å². The van der Waals surface area contributed by atoms with Crippen molar-refractivity contribution in [2.45, 2.75) is 45.1 Å². The molecule has 1 aromatic rings. The average molecular weight is 275 g/mol. The van der Waals surface area contributed by atoms with Gasteiger partial charge in [0.2, 0.25) is 0 Å². The highest BCUT2D eigenvalue weighted by molar-refractivity contribution is 5.89. The maximum atomic E-state index is 12.3. The molecule has 1 aliphatic heterocycles. The third-order valence-electron chi connectivity index (χ3n) is 3.81. The summed E-state index contributed by atoms with van der Waals surface area (Å²) in [5.74, 6) is 0. The fourth-order valence-electron chi connectivity index (χ4n) is 2.55. The molecule has 4 heteroatoms. The Hall–Kier alpha value is -1.55. The van der Waals surface area contributed by atoms with Gasteiger partial charge in [-0.25, -0.2) is 4.79 Å². The van der Waals surface area contributed by atoms with E-state index in [2.05, 4.69) is 5.32 Å². The summed E-state index contributed by atoms with van der Waals surface area (Å²) in [6, 6.07) is 7.76. The van der Waals surface area contributed by atoms with Crippen LogP contribution >= 0.6 is 0 Å². The average Bonchev–Trinajstić information content (AvgIpc) is 2.38. The fraction of sp³-hybridized carbons (Fsp3) is 0.562. The summed E-state index contributed by atoms with van der Waals surface area (Å²) in [4.78, 5) is 14.2. The van der Waals surface area contributed by atoms with Crippen molar-refractivity contribution in [3.05, 3.63) is 29.8 Å². The maximum absolute atomic E-state index is 12.3. The number of anilines is 1. The highest BCUT2D eigenvalue weighted by Crippen LogP contribution is 2.17. The van der Waals surface area contributed by atoms with Gasteiger partial charge in [0.25, 0.3) is 0 Å². The van der Waals surface area contributed by atoms with Crippen molar-refractivity contribution in [3.8, 4) is 0 Å². The number of amides is 2. The highest BCUT2D eigenvalue weighted by Gasteiger charge is 2.14. The van der Waals surface area contributed by atoms with Gasteiger partial charge in [0.15, 0.2) is 0 Å². The van der Waals surface area contributed by atoms with Crippen molar-refractivity contribution < 1.29 is 4.79 Å². The molecule has 0 saturated carbocycles. The number of rotatable bonds is 2. The zero-order valence-corrected chi connectivity index (χ0v) is 12.3. The summed E-state index contributed by atoms with van der Waals surface area (Å²) < 4.78 is 0. The Morgan fingerprint density at radius 2 is 1.85 bits per heavy atom. The van der Waals surface area contributed by atoms with Gasteiger partial charge in [-0.1, -0.05) is 31.4 Å². The molecule has 3 N–H and O–H groups in total. The third kappa shape index (κ3) is 4.23. The molecule has 0 bridgehead atoms. The van der Waals surface area contributed by atoms with Gasteiger partial charge in [0, 0.05) is 24.8 Å². The molecule has 1 fully saturated rings. The number of nitrogens with one attached hydrogen (secondary N) is 1. The Balaban J connectivity index is 1.97. The number of hydrogen-bond acceptors (Lipinski definition) is 2. The molecule has 0 radical (unpaired) electrons. The van der Waals surface area contributed by atoms with E-state index < -0.39 is 0 Å². The lowest BCUT2D eigenvalue weighted by Gasteiger charge is -2.25. The Bertz CT molecular complexity index is 437. The number of likely N-dealkylation sites (tertiary alicyclic amines) is 1. The van der Waals surface area contributed by atoms with E-state index >= 15 is 0 Å². The number of urea groups is 1. The van der Waals surface area contributed by atoms with Crippen LogP contribution in [-0.4, -0.2) is 24.0 Å². The Labute approximate surface area is 121 Å². The molecule has 2 amide bonds. The quantitative estimate of drug-likeness (QED) is 0.867. The fourth-order valence-corrected chi connectivity index (χ4v) is 2.55. The van der Waals surface area contributed by atoms with Gasteiger partial charge in [-0.2, -0.15) is 0 Å². The van der Waals surface area contributed by atoms with Crippen LogP contribution in [0.3, 0.4) is 0 Å². The highest BCUT2D eigenvalue weighted by atomic mass is 16.2. The van der Waals surface area contributed by atoms with E-state index in [0.717, 1.165) is 37.2 Å². The molecule has 20 heavy (non-hydrogen) atoms. The lowest BCUT2D eigenvalue weighted by atomic mass is 10.1. The second-order valence-corrected chi connectivity index (χ2v) is 5.60. The van der Waals surface area contributed by atoms with Crippen molar-refractivity contribution >= 4 is 11.7 Å². The number of benzene rings is 1. The number of hydrogen-bond donors (Lipinski definition) is 2. The Morgan fingerprint density at radius 3 is 2.50 bits per heavy atom. The van der Waals surface area contributed by atoms with Crippen LogP contribution in [0.25, 0.3) is 0 Å². The van der Waals surface area contributed by atoms with E-state index in [-0.39, 0.29) is 12.1 Å². The van der Waals surface area contributed by atoms with E-state index in [4.69, 9.17) is 5.73 Å². The monoisotopic (exact) mass is 275 g/mol. The number of nitrogens with two attached hydrogens (primary N) is 1. The minimum absolute atomic E-state index is 0.00808. The van der Waals surface area contributed by atoms with E-state index in [1.54, 1.807) is 0 Å². The smallest absolute Gasteiger partial charge is 0.321 e. The van der Waals surface area contributed by atoms with Crippen molar-refractivity contribution in [2.75, 3.05) is 18.4 Å². The van der Waals surface area contributed by atoms with Crippen molar-refractivity contribution in [3.63, 3.8) is 0 Å². The molecule has 4 nitrogen and oxygen atoms in total. The molecular formula is C16H25N3O. The molecule has 2 rings (SSSR count). The second kappa shape index (κ2) is 7.29. The van der Waals surface area contributed by atoms with E-state index in [1.165, 1.54) is 19.3 Å².